The molecule has 0 fully saturated rings. The van der Waals surface area contributed by atoms with Crippen LogP contribution in [0, 0.1) is 0 Å². The average molecular weight is 306 g/mol. The van der Waals surface area contributed by atoms with Gasteiger partial charge in [0.25, 0.3) is 5.91 Å². The lowest BCUT2D eigenvalue weighted by molar-refractivity contribution is 0.0746. The van der Waals surface area contributed by atoms with Gasteiger partial charge in [-0.25, -0.2) is 0 Å². The van der Waals surface area contributed by atoms with Gasteiger partial charge in [0.2, 0.25) is 0 Å². The van der Waals surface area contributed by atoms with E-state index in [0.717, 1.165) is 16.8 Å². The van der Waals surface area contributed by atoms with Crippen LogP contribution in [0.15, 0.2) is 60.9 Å². The van der Waals surface area contributed by atoms with E-state index in [-0.39, 0.29) is 5.91 Å². The molecule has 23 heavy (non-hydrogen) atoms. The van der Waals surface area contributed by atoms with E-state index in [9.17, 15) is 4.79 Å². The molecule has 3 rings (SSSR count). The number of hydrogen-bond acceptors (Lipinski definition) is 3. The van der Waals surface area contributed by atoms with E-state index < -0.39 is 0 Å². The van der Waals surface area contributed by atoms with Crippen molar-refractivity contribution < 1.29 is 4.79 Å². The summed E-state index contributed by atoms with van der Waals surface area (Å²) >= 11 is 0. The van der Waals surface area contributed by atoms with Crippen molar-refractivity contribution in [3.05, 3.63) is 72.2 Å². The molecule has 1 aromatic carbocycles. The molecular formula is C18H18N4O. The van der Waals surface area contributed by atoms with Crippen LogP contribution < -0.4 is 0 Å². The molecule has 116 valence electrons. The van der Waals surface area contributed by atoms with Gasteiger partial charge in [0.1, 0.15) is 5.69 Å². The predicted molar refractivity (Wildman–Crippen MR) is 88.7 cm³/mol. The van der Waals surface area contributed by atoms with Crippen LogP contribution in [0.4, 0.5) is 0 Å². The van der Waals surface area contributed by atoms with E-state index in [1.165, 1.54) is 0 Å². The van der Waals surface area contributed by atoms with Crippen molar-refractivity contribution in [1.82, 2.24) is 20.1 Å². The zero-order valence-electron chi connectivity index (χ0n) is 12.9. The van der Waals surface area contributed by atoms with Crippen LogP contribution >= 0.6 is 0 Å². The Hall–Kier alpha value is -2.95. The summed E-state index contributed by atoms with van der Waals surface area (Å²) in [5.41, 5.74) is 3.31. The quantitative estimate of drug-likeness (QED) is 0.787. The van der Waals surface area contributed by atoms with Crippen molar-refractivity contribution in [2.45, 2.75) is 13.5 Å². The maximum atomic E-state index is 12.7. The Kier molecular flexibility index (Phi) is 4.47. The SMILES string of the molecule is CCN(Cc1ccncc1)C(=O)c1cc(-c2ccccc2)n[nH]1. The maximum Gasteiger partial charge on any atom is 0.272 e. The zero-order valence-corrected chi connectivity index (χ0v) is 12.9. The number of nitrogens with zero attached hydrogens (tertiary/aromatic N) is 3. The Morgan fingerprint density at radius 1 is 1.13 bits per heavy atom. The van der Waals surface area contributed by atoms with Crippen LogP contribution in [0.2, 0.25) is 0 Å². The largest absolute Gasteiger partial charge is 0.333 e. The highest BCUT2D eigenvalue weighted by molar-refractivity contribution is 5.93. The molecule has 5 nitrogen and oxygen atoms in total. The predicted octanol–water partition coefficient (Wildman–Crippen LogP) is 3.13. The molecule has 0 aliphatic heterocycles. The third-order valence-corrected chi connectivity index (χ3v) is 3.67. The van der Waals surface area contributed by atoms with Gasteiger partial charge in [-0.15, -0.1) is 0 Å². The fourth-order valence-electron chi connectivity index (χ4n) is 2.39. The zero-order chi connectivity index (χ0) is 16.1. The number of hydrogen-bond donors (Lipinski definition) is 1. The van der Waals surface area contributed by atoms with Crippen LogP contribution in [0.5, 0.6) is 0 Å². The molecule has 0 bridgehead atoms. The van der Waals surface area contributed by atoms with E-state index in [4.69, 9.17) is 0 Å². The number of pyridine rings is 1. The van der Waals surface area contributed by atoms with E-state index in [2.05, 4.69) is 15.2 Å². The first-order chi connectivity index (χ1) is 11.3. The van der Waals surface area contributed by atoms with Crippen molar-refractivity contribution in [3.63, 3.8) is 0 Å². The second-order valence-corrected chi connectivity index (χ2v) is 5.21. The second-order valence-electron chi connectivity index (χ2n) is 5.21. The number of amides is 1. The molecule has 2 heterocycles. The Bertz CT molecular complexity index is 768. The smallest absolute Gasteiger partial charge is 0.272 e. The highest BCUT2D eigenvalue weighted by atomic mass is 16.2. The van der Waals surface area contributed by atoms with Crippen molar-refractivity contribution in [2.24, 2.45) is 0 Å². The second kappa shape index (κ2) is 6.87. The number of aromatic nitrogens is 3. The summed E-state index contributed by atoms with van der Waals surface area (Å²) in [5, 5.41) is 7.10. The lowest BCUT2D eigenvalue weighted by Gasteiger charge is -2.19. The number of rotatable bonds is 5. The van der Waals surface area contributed by atoms with Crippen molar-refractivity contribution in [1.29, 1.82) is 0 Å². The van der Waals surface area contributed by atoms with Gasteiger partial charge in [-0.3, -0.25) is 14.9 Å². The number of benzene rings is 1. The molecule has 2 aromatic heterocycles. The summed E-state index contributed by atoms with van der Waals surface area (Å²) in [4.78, 5) is 18.4. The van der Waals surface area contributed by atoms with Gasteiger partial charge in [-0.1, -0.05) is 30.3 Å². The molecule has 1 amide bonds. The average Bonchev–Trinajstić information content (AvgIpc) is 3.11. The number of nitrogens with one attached hydrogen (secondary N) is 1. The molecule has 0 aliphatic carbocycles. The normalized spacial score (nSPS) is 10.5. The Morgan fingerprint density at radius 3 is 2.57 bits per heavy atom. The molecule has 0 unspecified atom stereocenters. The number of aromatic amines is 1. The molecule has 0 saturated heterocycles. The fourth-order valence-corrected chi connectivity index (χ4v) is 2.39. The van der Waals surface area contributed by atoms with Gasteiger partial charge >= 0.3 is 0 Å². The topological polar surface area (TPSA) is 61.9 Å². The number of carbonyl (C=O) groups excluding carboxylic acids is 1. The van der Waals surface area contributed by atoms with E-state index in [1.807, 2.05) is 49.4 Å². The van der Waals surface area contributed by atoms with Gasteiger partial charge in [0, 0.05) is 31.0 Å². The highest BCUT2D eigenvalue weighted by Crippen LogP contribution is 2.18. The summed E-state index contributed by atoms with van der Waals surface area (Å²) < 4.78 is 0. The first kappa shape index (κ1) is 15.0. The minimum Gasteiger partial charge on any atom is -0.333 e. The lowest BCUT2D eigenvalue weighted by Crippen LogP contribution is -2.30. The van der Waals surface area contributed by atoms with Crippen LogP contribution in [-0.4, -0.2) is 32.5 Å². The number of carbonyl (C=O) groups is 1. The lowest BCUT2D eigenvalue weighted by atomic mass is 10.1. The summed E-state index contributed by atoms with van der Waals surface area (Å²) in [7, 11) is 0. The van der Waals surface area contributed by atoms with E-state index in [0.29, 0.717) is 18.8 Å². The third kappa shape index (κ3) is 3.45. The van der Waals surface area contributed by atoms with E-state index >= 15 is 0 Å². The van der Waals surface area contributed by atoms with Crippen molar-refractivity contribution in [2.75, 3.05) is 6.54 Å². The monoisotopic (exact) mass is 306 g/mol. The Balaban J connectivity index is 1.78. The molecule has 5 heteroatoms. The van der Waals surface area contributed by atoms with Gasteiger partial charge in [0.05, 0.1) is 5.69 Å². The third-order valence-electron chi connectivity index (χ3n) is 3.67. The van der Waals surface area contributed by atoms with Gasteiger partial charge in [0.15, 0.2) is 0 Å². The summed E-state index contributed by atoms with van der Waals surface area (Å²) in [6.07, 6.45) is 3.47. The van der Waals surface area contributed by atoms with E-state index in [1.54, 1.807) is 23.4 Å². The minimum atomic E-state index is -0.0565. The molecule has 0 spiro atoms. The van der Waals surface area contributed by atoms with Crippen molar-refractivity contribution in [3.8, 4) is 11.3 Å². The molecule has 0 atom stereocenters. The maximum absolute atomic E-state index is 12.7. The molecule has 0 aliphatic rings. The van der Waals surface area contributed by atoms with Crippen LogP contribution in [-0.2, 0) is 6.54 Å². The Labute approximate surface area is 135 Å². The van der Waals surface area contributed by atoms with Crippen LogP contribution in [0.3, 0.4) is 0 Å². The molecule has 0 radical (unpaired) electrons. The Morgan fingerprint density at radius 2 is 1.87 bits per heavy atom. The number of H-pyrrole nitrogens is 1. The molecule has 1 N–H and O–H groups in total. The van der Waals surface area contributed by atoms with Crippen LogP contribution in [0.25, 0.3) is 11.3 Å². The molecule has 0 saturated carbocycles. The van der Waals surface area contributed by atoms with Crippen molar-refractivity contribution >= 4 is 5.91 Å². The summed E-state index contributed by atoms with van der Waals surface area (Å²) in [6.45, 7) is 3.14. The van der Waals surface area contributed by atoms with Gasteiger partial charge < -0.3 is 4.90 Å². The molecular weight excluding hydrogens is 288 g/mol. The first-order valence-electron chi connectivity index (χ1n) is 7.57. The first-order valence-corrected chi connectivity index (χ1v) is 7.57. The minimum absolute atomic E-state index is 0.0565. The van der Waals surface area contributed by atoms with Crippen LogP contribution in [0.1, 0.15) is 23.0 Å². The fraction of sp³-hybridized carbons (Fsp3) is 0.167. The summed E-state index contributed by atoms with van der Waals surface area (Å²) in [6, 6.07) is 15.4. The summed E-state index contributed by atoms with van der Waals surface area (Å²) in [5.74, 6) is -0.0565. The molecule has 3 aromatic rings. The van der Waals surface area contributed by atoms with Gasteiger partial charge in [-0.2, -0.15) is 5.10 Å². The van der Waals surface area contributed by atoms with Gasteiger partial charge in [-0.05, 0) is 30.7 Å². The highest BCUT2D eigenvalue weighted by Gasteiger charge is 2.17. The standard InChI is InChI=1S/C18H18N4O/c1-2-22(13-14-8-10-19-11-9-14)18(23)17-12-16(20-21-17)15-6-4-3-5-7-15/h3-12H,2,13H2,1H3,(H,20,21).